The number of fused-ring (bicyclic) bond motifs is 1. The minimum atomic E-state index is -3.53. The number of nitrogens with one attached hydrogen (secondary N) is 2. The number of aromatic nitrogens is 2. The van der Waals surface area contributed by atoms with E-state index < -0.39 is 14.8 Å². The molecule has 1 aromatic heterocycles. The van der Waals surface area contributed by atoms with Gasteiger partial charge in [0.25, 0.3) is 5.69 Å². The number of nitro benzene ring substituents is 1. The van der Waals surface area contributed by atoms with Crippen molar-refractivity contribution in [1.82, 2.24) is 9.97 Å². The lowest BCUT2D eigenvalue weighted by Crippen LogP contribution is -2.15. The smallest absolute Gasteiger partial charge is 0.293 e. The first-order chi connectivity index (χ1) is 13.3. The molecule has 2 N–H and O–H groups in total. The van der Waals surface area contributed by atoms with E-state index in [2.05, 4.69) is 20.6 Å². The number of benzene rings is 2. The van der Waals surface area contributed by atoms with Crippen molar-refractivity contribution in [2.24, 2.45) is 0 Å². The Labute approximate surface area is 165 Å². The molecule has 9 nitrogen and oxygen atoms in total. The van der Waals surface area contributed by atoms with Gasteiger partial charge < -0.3 is 10.6 Å². The molecule has 0 amide bonds. The molecule has 0 fully saturated rings. The molecule has 11 heteroatoms. The van der Waals surface area contributed by atoms with Gasteiger partial charge in [0.1, 0.15) is 17.8 Å². The second-order valence-electron chi connectivity index (χ2n) is 5.95. The molecular weight excluding hydrogens is 406 g/mol. The summed E-state index contributed by atoms with van der Waals surface area (Å²) in [6.07, 6.45) is 2.42. The van der Waals surface area contributed by atoms with Crippen LogP contribution < -0.4 is 10.6 Å². The largest absolute Gasteiger partial charge is 0.378 e. The van der Waals surface area contributed by atoms with Crippen LogP contribution in [0.4, 0.5) is 17.2 Å². The summed E-state index contributed by atoms with van der Waals surface area (Å²) in [7, 11) is -3.53. The summed E-state index contributed by atoms with van der Waals surface area (Å²) in [4.78, 5) is 18.9. The van der Waals surface area contributed by atoms with Gasteiger partial charge in [-0.05, 0) is 30.3 Å². The van der Waals surface area contributed by atoms with Crippen LogP contribution in [0, 0.1) is 10.1 Å². The number of nitro groups is 1. The lowest BCUT2D eigenvalue weighted by molar-refractivity contribution is -0.384. The molecule has 0 aliphatic heterocycles. The van der Waals surface area contributed by atoms with Crippen molar-refractivity contribution in [2.75, 3.05) is 30.0 Å². The molecule has 0 unspecified atom stereocenters. The van der Waals surface area contributed by atoms with Gasteiger partial charge in [0, 0.05) is 35.8 Å². The predicted molar refractivity (Wildman–Crippen MR) is 108 cm³/mol. The maximum Gasteiger partial charge on any atom is 0.293 e. The highest BCUT2D eigenvalue weighted by molar-refractivity contribution is 7.90. The average Bonchev–Trinajstić information content (AvgIpc) is 2.64. The molecule has 0 saturated carbocycles. The van der Waals surface area contributed by atoms with E-state index >= 15 is 0 Å². The predicted octanol–water partition coefficient (Wildman–Crippen LogP) is 3.12. The van der Waals surface area contributed by atoms with E-state index in [1.807, 2.05) is 6.07 Å². The van der Waals surface area contributed by atoms with Gasteiger partial charge in [0.2, 0.25) is 0 Å². The molecule has 28 heavy (non-hydrogen) atoms. The second-order valence-corrected chi connectivity index (χ2v) is 8.40. The van der Waals surface area contributed by atoms with Crippen LogP contribution in [0.15, 0.2) is 47.6 Å². The van der Waals surface area contributed by atoms with Crippen molar-refractivity contribution in [2.45, 2.75) is 4.90 Å². The SMILES string of the molecule is CS(=O)(=O)c1ccc(NCCNc2ncnc3cc(Cl)ccc23)c([N+](=O)[O-])c1. The molecule has 1 heterocycles. The molecule has 0 spiro atoms. The molecular formula is C17H16ClN5O4S. The fourth-order valence-corrected chi connectivity index (χ4v) is 3.40. The van der Waals surface area contributed by atoms with E-state index in [1.54, 1.807) is 12.1 Å². The average molecular weight is 422 g/mol. The maximum absolute atomic E-state index is 11.6. The quantitative estimate of drug-likeness (QED) is 0.338. The Hall–Kier alpha value is -2.98. The molecule has 0 saturated heterocycles. The Balaban J connectivity index is 1.70. The van der Waals surface area contributed by atoms with Crippen molar-refractivity contribution in [3.8, 4) is 0 Å². The lowest BCUT2D eigenvalue weighted by Gasteiger charge is -2.11. The number of rotatable bonds is 7. The molecule has 0 atom stereocenters. The van der Waals surface area contributed by atoms with Crippen LogP contribution >= 0.6 is 11.6 Å². The summed E-state index contributed by atoms with van der Waals surface area (Å²) >= 11 is 5.96. The number of hydrogen-bond acceptors (Lipinski definition) is 8. The highest BCUT2D eigenvalue weighted by Gasteiger charge is 2.18. The summed E-state index contributed by atoms with van der Waals surface area (Å²) in [6.45, 7) is 0.762. The van der Waals surface area contributed by atoms with Gasteiger partial charge in [-0.3, -0.25) is 10.1 Å². The minimum absolute atomic E-state index is 0.103. The van der Waals surface area contributed by atoms with Gasteiger partial charge in [0.05, 0.1) is 15.3 Å². The Morgan fingerprint density at radius 3 is 2.57 bits per heavy atom. The number of halogens is 1. The zero-order valence-electron chi connectivity index (χ0n) is 14.7. The van der Waals surface area contributed by atoms with Crippen molar-refractivity contribution >= 4 is 49.5 Å². The molecule has 2 aromatic carbocycles. The Bertz CT molecular complexity index is 1150. The van der Waals surface area contributed by atoms with Gasteiger partial charge in [-0.2, -0.15) is 0 Å². The van der Waals surface area contributed by atoms with Crippen LogP contribution in [0.25, 0.3) is 10.9 Å². The Morgan fingerprint density at radius 1 is 1.11 bits per heavy atom. The summed E-state index contributed by atoms with van der Waals surface area (Å²) in [5, 5.41) is 18.7. The van der Waals surface area contributed by atoms with Gasteiger partial charge >= 0.3 is 0 Å². The molecule has 3 aromatic rings. The molecule has 146 valence electrons. The normalized spacial score (nSPS) is 11.4. The summed E-state index contributed by atoms with van der Waals surface area (Å²) in [5.74, 6) is 0.616. The molecule has 0 aliphatic carbocycles. The summed E-state index contributed by atoms with van der Waals surface area (Å²) < 4.78 is 23.2. The van der Waals surface area contributed by atoms with E-state index in [0.717, 1.165) is 17.7 Å². The third kappa shape index (κ3) is 4.46. The molecule has 0 aliphatic rings. The fourth-order valence-electron chi connectivity index (χ4n) is 2.59. The van der Waals surface area contributed by atoms with Gasteiger partial charge in [-0.15, -0.1) is 0 Å². The summed E-state index contributed by atoms with van der Waals surface area (Å²) in [6, 6.07) is 9.05. The number of hydrogen-bond donors (Lipinski definition) is 2. The van der Waals surface area contributed by atoms with Crippen LogP contribution in [0.1, 0.15) is 0 Å². The highest BCUT2D eigenvalue weighted by atomic mass is 35.5. The second kappa shape index (κ2) is 7.95. The van der Waals surface area contributed by atoms with Crippen LogP contribution in [0.2, 0.25) is 5.02 Å². The first kappa shape index (κ1) is 19.8. The Kier molecular flexibility index (Phi) is 5.61. The monoisotopic (exact) mass is 421 g/mol. The zero-order chi connectivity index (χ0) is 20.3. The topological polar surface area (TPSA) is 127 Å². The molecule has 0 bridgehead atoms. The number of nitrogens with zero attached hydrogens (tertiary/aromatic N) is 3. The van der Waals surface area contributed by atoms with Gasteiger partial charge in [0.15, 0.2) is 9.84 Å². The zero-order valence-corrected chi connectivity index (χ0v) is 16.3. The first-order valence-electron chi connectivity index (χ1n) is 8.12. The Morgan fingerprint density at radius 2 is 1.86 bits per heavy atom. The first-order valence-corrected chi connectivity index (χ1v) is 10.4. The highest BCUT2D eigenvalue weighted by Crippen LogP contribution is 2.27. The van der Waals surface area contributed by atoms with Crippen molar-refractivity contribution < 1.29 is 13.3 Å². The number of anilines is 2. The van der Waals surface area contributed by atoms with Crippen LogP contribution in [-0.2, 0) is 9.84 Å². The fraction of sp³-hybridized carbons (Fsp3) is 0.176. The van der Waals surface area contributed by atoms with Gasteiger partial charge in [-0.1, -0.05) is 11.6 Å². The van der Waals surface area contributed by atoms with Crippen LogP contribution in [-0.4, -0.2) is 42.7 Å². The van der Waals surface area contributed by atoms with Crippen molar-refractivity contribution in [3.05, 3.63) is 57.9 Å². The maximum atomic E-state index is 11.6. The van der Waals surface area contributed by atoms with Crippen molar-refractivity contribution in [3.63, 3.8) is 0 Å². The van der Waals surface area contributed by atoms with E-state index in [4.69, 9.17) is 11.6 Å². The summed E-state index contributed by atoms with van der Waals surface area (Å²) in [5.41, 5.74) is 0.633. The van der Waals surface area contributed by atoms with Gasteiger partial charge in [-0.25, -0.2) is 18.4 Å². The minimum Gasteiger partial charge on any atom is -0.378 e. The lowest BCUT2D eigenvalue weighted by atomic mass is 10.2. The third-order valence-corrected chi connectivity index (χ3v) is 5.27. The van der Waals surface area contributed by atoms with Crippen molar-refractivity contribution in [1.29, 1.82) is 0 Å². The van der Waals surface area contributed by atoms with E-state index in [-0.39, 0.29) is 16.3 Å². The number of sulfone groups is 1. The third-order valence-electron chi connectivity index (χ3n) is 3.93. The van der Waals surface area contributed by atoms with Crippen LogP contribution in [0.3, 0.4) is 0 Å². The molecule has 3 rings (SSSR count). The van der Waals surface area contributed by atoms with E-state index in [9.17, 15) is 18.5 Å². The standard InChI is InChI=1S/C17H16ClN5O4S/c1-28(26,27)12-3-5-14(16(9-12)23(24)25)19-6-7-20-17-13-4-2-11(18)8-15(13)21-10-22-17/h2-5,8-10,19H,6-7H2,1H3,(H,20,21,22). The van der Waals surface area contributed by atoms with Crippen LogP contribution in [0.5, 0.6) is 0 Å². The molecule has 0 radical (unpaired) electrons. The van der Waals surface area contributed by atoms with E-state index in [0.29, 0.717) is 29.4 Å². The van der Waals surface area contributed by atoms with E-state index in [1.165, 1.54) is 18.5 Å².